The fourth-order valence-electron chi connectivity index (χ4n) is 2.50. The number of aryl methyl sites for hydroxylation is 1. The lowest BCUT2D eigenvalue weighted by molar-refractivity contribution is -0.125. The van der Waals surface area contributed by atoms with Crippen molar-refractivity contribution in [1.29, 1.82) is 0 Å². The van der Waals surface area contributed by atoms with Crippen LogP contribution in [0.25, 0.3) is 0 Å². The van der Waals surface area contributed by atoms with Gasteiger partial charge in [0.05, 0.1) is 12.5 Å². The number of carbonyl (C=O) groups is 2. The summed E-state index contributed by atoms with van der Waals surface area (Å²) in [5, 5.41) is 3.38. The molecule has 22 heavy (non-hydrogen) atoms. The maximum Gasteiger partial charge on any atom is 0.231 e. The number of carbonyl (C=O) groups excluding carboxylic acids is 2. The summed E-state index contributed by atoms with van der Waals surface area (Å²) < 4.78 is 13.7. The van der Waals surface area contributed by atoms with Crippen molar-refractivity contribution in [2.24, 2.45) is 10.9 Å². The zero-order valence-electron chi connectivity index (χ0n) is 12.1. The van der Waals surface area contributed by atoms with Crippen LogP contribution >= 0.6 is 11.8 Å². The molecule has 1 saturated heterocycles. The summed E-state index contributed by atoms with van der Waals surface area (Å²) in [6.07, 6.45) is 0.138. The van der Waals surface area contributed by atoms with Crippen molar-refractivity contribution >= 4 is 34.4 Å². The molecule has 2 heterocycles. The number of hydrogen-bond donors (Lipinski definition) is 1. The van der Waals surface area contributed by atoms with Crippen molar-refractivity contribution in [3.8, 4) is 0 Å². The molecule has 1 aromatic carbocycles. The molecule has 1 unspecified atom stereocenters. The summed E-state index contributed by atoms with van der Waals surface area (Å²) in [5.41, 5.74) is 1.02. The van der Waals surface area contributed by atoms with E-state index in [0.29, 0.717) is 23.0 Å². The highest BCUT2D eigenvalue weighted by molar-refractivity contribution is 8.14. The largest absolute Gasteiger partial charge is 0.311 e. The van der Waals surface area contributed by atoms with E-state index in [2.05, 4.69) is 10.3 Å². The number of amides is 2. The van der Waals surface area contributed by atoms with Gasteiger partial charge in [0.25, 0.3) is 0 Å². The average Bonchev–Trinajstić information content (AvgIpc) is 3.11. The van der Waals surface area contributed by atoms with Gasteiger partial charge in [-0.3, -0.25) is 14.6 Å². The van der Waals surface area contributed by atoms with Crippen molar-refractivity contribution in [2.75, 3.05) is 23.7 Å². The zero-order valence-corrected chi connectivity index (χ0v) is 13.0. The summed E-state index contributed by atoms with van der Waals surface area (Å²) in [6, 6.07) is 4.67. The van der Waals surface area contributed by atoms with E-state index in [1.165, 1.54) is 22.7 Å². The van der Waals surface area contributed by atoms with Gasteiger partial charge < -0.3 is 10.2 Å². The lowest BCUT2D eigenvalue weighted by atomic mass is 10.1. The van der Waals surface area contributed by atoms with Gasteiger partial charge in [0.15, 0.2) is 5.17 Å². The number of amidine groups is 1. The fourth-order valence-corrected chi connectivity index (χ4v) is 3.23. The Labute approximate surface area is 132 Å². The van der Waals surface area contributed by atoms with Gasteiger partial charge in [-0.1, -0.05) is 17.8 Å². The topological polar surface area (TPSA) is 61.8 Å². The minimum absolute atomic E-state index is 0.138. The Morgan fingerprint density at radius 1 is 1.50 bits per heavy atom. The van der Waals surface area contributed by atoms with Crippen molar-refractivity contribution in [3.63, 3.8) is 0 Å². The molecule has 2 amide bonds. The third-order valence-electron chi connectivity index (χ3n) is 3.78. The normalized spacial score (nSPS) is 21.2. The fraction of sp³-hybridized carbons (Fsp3) is 0.400. The maximum absolute atomic E-state index is 13.7. The second-order valence-electron chi connectivity index (χ2n) is 5.36. The monoisotopic (exact) mass is 321 g/mol. The van der Waals surface area contributed by atoms with E-state index in [1.807, 2.05) is 0 Å². The number of aliphatic imine (C=N–C) groups is 1. The molecule has 2 aliphatic heterocycles. The minimum atomic E-state index is -0.430. The minimum Gasteiger partial charge on any atom is -0.311 e. The van der Waals surface area contributed by atoms with Gasteiger partial charge in [0.2, 0.25) is 11.8 Å². The Balaban J connectivity index is 1.69. The number of thioether (sulfide) groups is 1. The van der Waals surface area contributed by atoms with Crippen LogP contribution in [-0.2, 0) is 9.59 Å². The standard InChI is InChI=1S/C15H16FN3O2S/c1-9-2-3-11(7-12(9)16)19-8-10(6-13(19)20)14(21)18-15-17-4-5-22-15/h2-3,7,10H,4-6,8H2,1H3,(H,17,18,21). The molecule has 1 N–H and O–H groups in total. The second kappa shape index (κ2) is 6.08. The van der Waals surface area contributed by atoms with Crippen LogP contribution in [0.5, 0.6) is 0 Å². The number of nitrogens with one attached hydrogen (secondary N) is 1. The molecule has 0 bridgehead atoms. The van der Waals surface area contributed by atoms with Crippen molar-refractivity contribution < 1.29 is 14.0 Å². The molecule has 3 rings (SSSR count). The van der Waals surface area contributed by atoms with Gasteiger partial charge in [-0.15, -0.1) is 0 Å². The van der Waals surface area contributed by atoms with Crippen molar-refractivity contribution in [2.45, 2.75) is 13.3 Å². The predicted octanol–water partition coefficient (Wildman–Crippen LogP) is 1.71. The van der Waals surface area contributed by atoms with E-state index in [-0.39, 0.29) is 30.6 Å². The van der Waals surface area contributed by atoms with Gasteiger partial charge >= 0.3 is 0 Å². The van der Waals surface area contributed by atoms with E-state index in [1.54, 1.807) is 19.1 Å². The number of benzene rings is 1. The molecular weight excluding hydrogens is 305 g/mol. The average molecular weight is 321 g/mol. The molecular formula is C15H16FN3O2S. The van der Waals surface area contributed by atoms with Crippen LogP contribution in [0.2, 0.25) is 0 Å². The summed E-state index contributed by atoms with van der Waals surface area (Å²) >= 11 is 1.50. The first-order chi connectivity index (χ1) is 10.5. The quantitative estimate of drug-likeness (QED) is 0.902. The summed E-state index contributed by atoms with van der Waals surface area (Å²) in [4.78, 5) is 29.9. The first kappa shape index (κ1) is 15.0. The summed E-state index contributed by atoms with van der Waals surface area (Å²) in [7, 11) is 0. The third-order valence-corrected chi connectivity index (χ3v) is 4.67. The Kier molecular flexibility index (Phi) is 4.15. The van der Waals surface area contributed by atoms with Crippen LogP contribution in [-0.4, -0.2) is 35.8 Å². The Hall–Kier alpha value is -1.89. The second-order valence-corrected chi connectivity index (χ2v) is 6.45. The van der Waals surface area contributed by atoms with E-state index in [0.717, 1.165) is 5.75 Å². The predicted molar refractivity (Wildman–Crippen MR) is 84.5 cm³/mol. The molecule has 2 aliphatic rings. The van der Waals surface area contributed by atoms with E-state index in [4.69, 9.17) is 0 Å². The van der Waals surface area contributed by atoms with Crippen molar-refractivity contribution in [3.05, 3.63) is 29.6 Å². The molecule has 7 heteroatoms. The molecule has 1 fully saturated rings. The highest BCUT2D eigenvalue weighted by Gasteiger charge is 2.35. The van der Waals surface area contributed by atoms with Crippen LogP contribution in [0.4, 0.5) is 10.1 Å². The molecule has 1 aromatic rings. The molecule has 0 spiro atoms. The van der Waals surface area contributed by atoms with Crippen LogP contribution in [0.1, 0.15) is 12.0 Å². The molecule has 1 atom stereocenters. The van der Waals surface area contributed by atoms with Gasteiger partial charge in [-0.25, -0.2) is 4.39 Å². The van der Waals surface area contributed by atoms with Gasteiger partial charge in [0.1, 0.15) is 5.82 Å². The molecule has 5 nitrogen and oxygen atoms in total. The molecule has 116 valence electrons. The van der Waals surface area contributed by atoms with Crippen molar-refractivity contribution in [1.82, 2.24) is 5.32 Å². The van der Waals surface area contributed by atoms with Crippen LogP contribution in [0.3, 0.4) is 0 Å². The van der Waals surface area contributed by atoms with E-state index >= 15 is 0 Å². The number of rotatable bonds is 2. The van der Waals surface area contributed by atoms with E-state index in [9.17, 15) is 14.0 Å². The zero-order chi connectivity index (χ0) is 15.7. The number of hydrogen-bond acceptors (Lipinski definition) is 4. The first-order valence-electron chi connectivity index (χ1n) is 7.09. The SMILES string of the molecule is Cc1ccc(N2CC(C(=O)NC3=NCCS3)CC2=O)cc1F. The lowest BCUT2D eigenvalue weighted by Crippen LogP contribution is -2.35. The maximum atomic E-state index is 13.7. The Morgan fingerprint density at radius 2 is 2.32 bits per heavy atom. The first-order valence-corrected chi connectivity index (χ1v) is 8.08. The van der Waals surface area contributed by atoms with Gasteiger partial charge in [0, 0.05) is 24.4 Å². The van der Waals surface area contributed by atoms with E-state index < -0.39 is 5.92 Å². The number of anilines is 1. The molecule has 0 saturated carbocycles. The third kappa shape index (κ3) is 2.99. The Bertz CT molecular complexity index is 662. The number of halogens is 1. The van der Waals surface area contributed by atoms with Crippen LogP contribution in [0, 0.1) is 18.7 Å². The van der Waals surface area contributed by atoms with Crippen LogP contribution in [0.15, 0.2) is 23.2 Å². The molecule has 0 aliphatic carbocycles. The molecule has 0 radical (unpaired) electrons. The van der Waals surface area contributed by atoms with Gasteiger partial charge in [-0.2, -0.15) is 0 Å². The molecule has 0 aromatic heterocycles. The lowest BCUT2D eigenvalue weighted by Gasteiger charge is -2.17. The highest BCUT2D eigenvalue weighted by Crippen LogP contribution is 2.27. The summed E-state index contributed by atoms with van der Waals surface area (Å²) in [5.74, 6) is -0.273. The van der Waals surface area contributed by atoms with Crippen LogP contribution < -0.4 is 10.2 Å². The van der Waals surface area contributed by atoms with Gasteiger partial charge in [-0.05, 0) is 24.6 Å². The smallest absolute Gasteiger partial charge is 0.231 e. The Morgan fingerprint density at radius 3 is 3.00 bits per heavy atom. The summed E-state index contributed by atoms with van der Waals surface area (Å²) in [6.45, 7) is 2.64. The highest BCUT2D eigenvalue weighted by atomic mass is 32.2. The number of nitrogens with zero attached hydrogens (tertiary/aromatic N) is 2.